The molecule has 0 aliphatic carbocycles. The van der Waals surface area contributed by atoms with Crippen molar-refractivity contribution >= 4 is 41.0 Å². The first-order valence-electron chi connectivity index (χ1n) is 9.05. The number of benzene rings is 1. The van der Waals surface area contributed by atoms with Crippen molar-refractivity contribution in [2.75, 3.05) is 18.4 Å². The molecule has 0 radical (unpaired) electrons. The fourth-order valence-corrected chi connectivity index (χ4v) is 3.58. The number of halogens is 2. The minimum Gasteiger partial charge on any atom is -0.366 e. The fourth-order valence-electron chi connectivity index (χ4n) is 3.16. The van der Waals surface area contributed by atoms with Crippen LogP contribution in [-0.2, 0) is 11.3 Å². The molecule has 8 heteroatoms. The van der Waals surface area contributed by atoms with Gasteiger partial charge < -0.3 is 5.32 Å². The average molecular weight is 421 g/mol. The number of anilines is 1. The molecule has 2 aromatic rings. The van der Waals surface area contributed by atoms with Crippen LogP contribution in [0.4, 0.5) is 5.82 Å². The Labute approximate surface area is 174 Å². The normalized spacial score (nSPS) is 15.7. The molecule has 2 heterocycles. The molecule has 1 aliphatic rings. The molecule has 28 heavy (non-hydrogen) atoms. The molecule has 1 aromatic heterocycles. The standard InChI is InChI=1S/C20H22Cl2N4O2/c21-17-4-2-1-3-15(17)13-26-9-7-16(8-10-26)24-20-18(22)11-14(12-23-20)5-6-19(27)25-28/h1-6,11-12,16,28H,7-10,13H2,(H,23,24)(H,25,27). The molecule has 1 saturated heterocycles. The Morgan fingerprint density at radius 3 is 2.68 bits per heavy atom. The number of hydrogen-bond donors (Lipinski definition) is 3. The van der Waals surface area contributed by atoms with Gasteiger partial charge in [0.2, 0.25) is 0 Å². The number of amides is 1. The van der Waals surface area contributed by atoms with Crippen molar-refractivity contribution in [1.82, 2.24) is 15.4 Å². The third-order valence-electron chi connectivity index (χ3n) is 4.68. The van der Waals surface area contributed by atoms with Gasteiger partial charge in [-0.15, -0.1) is 0 Å². The monoisotopic (exact) mass is 420 g/mol. The molecule has 0 saturated carbocycles. The highest BCUT2D eigenvalue weighted by atomic mass is 35.5. The first-order valence-corrected chi connectivity index (χ1v) is 9.80. The predicted molar refractivity (Wildman–Crippen MR) is 112 cm³/mol. The third kappa shape index (κ3) is 5.69. The van der Waals surface area contributed by atoms with E-state index in [4.69, 9.17) is 28.4 Å². The van der Waals surface area contributed by atoms with Crippen molar-refractivity contribution in [1.29, 1.82) is 0 Å². The number of carbonyl (C=O) groups is 1. The highest BCUT2D eigenvalue weighted by Crippen LogP contribution is 2.25. The molecule has 148 valence electrons. The van der Waals surface area contributed by atoms with E-state index in [1.54, 1.807) is 12.3 Å². The Bertz CT molecular complexity index is 852. The number of aromatic nitrogens is 1. The van der Waals surface area contributed by atoms with E-state index in [0.717, 1.165) is 43.1 Å². The summed E-state index contributed by atoms with van der Waals surface area (Å²) >= 11 is 12.6. The van der Waals surface area contributed by atoms with Crippen LogP contribution in [0.1, 0.15) is 24.0 Å². The maximum atomic E-state index is 11.0. The SMILES string of the molecule is O=C(C=Cc1cnc(NC2CCN(Cc3ccccc3Cl)CC2)c(Cl)c1)NO. The largest absolute Gasteiger partial charge is 0.366 e. The maximum Gasteiger partial charge on any atom is 0.267 e. The minimum absolute atomic E-state index is 0.300. The van der Waals surface area contributed by atoms with Crippen LogP contribution in [0, 0.1) is 0 Å². The highest BCUT2D eigenvalue weighted by molar-refractivity contribution is 6.33. The summed E-state index contributed by atoms with van der Waals surface area (Å²) in [6, 6.07) is 9.98. The quantitative estimate of drug-likeness (QED) is 0.374. The molecule has 0 bridgehead atoms. The molecule has 1 fully saturated rings. The van der Waals surface area contributed by atoms with Crippen molar-refractivity contribution < 1.29 is 10.0 Å². The van der Waals surface area contributed by atoms with Gasteiger partial charge in [-0.05, 0) is 42.2 Å². The van der Waals surface area contributed by atoms with Crippen LogP contribution in [0.3, 0.4) is 0 Å². The van der Waals surface area contributed by atoms with Gasteiger partial charge >= 0.3 is 0 Å². The third-order valence-corrected chi connectivity index (χ3v) is 5.34. The lowest BCUT2D eigenvalue weighted by Gasteiger charge is -2.33. The summed E-state index contributed by atoms with van der Waals surface area (Å²) in [6.07, 6.45) is 6.33. The van der Waals surface area contributed by atoms with E-state index in [0.29, 0.717) is 22.4 Å². The number of rotatable bonds is 6. The minimum atomic E-state index is -0.609. The molecule has 0 atom stereocenters. The topological polar surface area (TPSA) is 77.5 Å². The zero-order valence-electron chi connectivity index (χ0n) is 15.2. The number of carbonyl (C=O) groups excluding carboxylic acids is 1. The molecule has 1 aromatic carbocycles. The second kappa shape index (κ2) is 9.89. The summed E-state index contributed by atoms with van der Waals surface area (Å²) in [5.41, 5.74) is 3.36. The summed E-state index contributed by atoms with van der Waals surface area (Å²) in [7, 11) is 0. The molecular formula is C20H22Cl2N4O2. The van der Waals surface area contributed by atoms with Crippen LogP contribution in [0.2, 0.25) is 10.0 Å². The number of hydroxylamine groups is 1. The van der Waals surface area contributed by atoms with Gasteiger partial charge in [0.25, 0.3) is 5.91 Å². The molecule has 0 spiro atoms. The van der Waals surface area contributed by atoms with Crippen molar-refractivity contribution in [3.05, 3.63) is 63.8 Å². The summed E-state index contributed by atoms with van der Waals surface area (Å²) in [5.74, 6) is 0.0249. The number of hydrogen-bond acceptors (Lipinski definition) is 5. The lowest BCUT2D eigenvalue weighted by atomic mass is 10.0. The van der Waals surface area contributed by atoms with Gasteiger partial charge in [0.1, 0.15) is 5.82 Å². The molecule has 1 amide bonds. The second-order valence-corrected chi connectivity index (χ2v) is 7.51. The van der Waals surface area contributed by atoms with Crippen molar-refractivity contribution in [2.45, 2.75) is 25.4 Å². The van der Waals surface area contributed by atoms with E-state index in [-0.39, 0.29) is 0 Å². The van der Waals surface area contributed by atoms with Gasteiger partial charge in [-0.2, -0.15) is 0 Å². The Balaban J connectivity index is 1.52. The van der Waals surface area contributed by atoms with Gasteiger partial charge in [-0.25, -0.2) is 10.5 Å². The summed E-state index contributed by atoms with van der Waals surface area (Å²) in [4.78, 5) is 17.8. The number of piperidine rings is 1. The molecular weight excluding hydrogens is 399 g/mol. The van der Waals surface area contributed by atoms with Crippen LogP contribution >= 0.6 is 23.2 Å². The van der Waals surface area contributed by atoms with E-state index in [1.165, 1.54) is 17.6 Å². The van der Waals surface area contributed by atoms with E-state index >= 15 is 0 Å². The van der Waals surface area contributed by atoms with Crippen LogP contribution in [0.15, 0.2) is 42.6 Å². The van der Waals surface area contributed by atoms with Gasteiger partial charge in [-0.3, -0.25) is 14.9 Å². The van der Waals surface area contributed by atoms with Crippen LogP contribution < -0.4 is 10.8 Å². The Kier molecular flexibility index (Phi) is 7.28. The smallest absolute Gasteiger partial charge is 0.267 e. The predicted octanol–water partition coefficient (Wildman–Crippen LogP) is 3.98. The molecule has 0 unspecified atom stereocenters. The van der Waals surface area contributed by atoms with E-state index in [2.05, 4.69) is 21.3 Å². The van der Waals surface area contributed by atoms with Gasteiger partial charge in [0, 0.05) is 43.0 Å². The zero-order valence-corrected chi connectivity index (χ0v) is 16.7. The molecule has 3 N–H and O–H groups in total. The lowest BCUT2D eigenvalue weighted by Crippen LogP contribution is -2.38. The van der Waals surface area contributed by atoms with Crippen LogP contribution in [0.25, 0.3) is 6.08 Å². The molecule has 3 rings (SSSR count). The first-order chi connectivity index (χ1) is 13.5. The zero-order chi connectivity index (χ0) is 19.9. The second-order valence-electron chi connectivity index (χ2n) is 6.69. The number of pyridine rings is 1. The van der Waals surface area contributed by atoms with Crippen molar-refractivity contribution in [3.63, 3.8) is 0 Å². The molecule has 6 nitrogen and oxygen atoms in total. The van der Waals surface area contributed by atoms with E-state index in [9.17, 15) is 4.79 Å². The number of nitrogens with one attached hydrogen (secondary N) is 2. The van der Waals surface area contributed by atoms with Crippen molar-refractivity contribution in [2.24, 2.45) is 0 Å². The number of nitrogens with zero attached hydrogens (tertiary/aromatic N) is 2. The fraction of sp³-hybridized carbons (Fsp3) is 0.300. The van der Waals surface area contributed by atoms with Gasteiger partial charge in [-0.1, -0.05) is 41.4 Å². The summed E-state index contributed by atoms with van der Waals surface area (Å²) in [5, 5.41) is 13.2. The lowest BCUT2D eigenvalue weighted by molar-refractivity contribution is -0.124. The first kappa shape index (κ1) is 20.6. The molecule has 1 aliphatic heterocycles. The average Bonchev–Trinajstić information content (AvgIpc) is 2.71. The maximum absolute atomic E-state index is 11.0. The highest BCUT2D eigenvalue weighted by Gasteiger charge is 2.20. The Hall–Kier alpha value is -2.12. The number of likely N-dealkylation sites (tertiary alicyclic amines) is 1. The Morgan fingerprint density at radius 2 is 2.00 bits per heavy atom. The van der Waals surface area contributed by atoms with Crippen LogP contribution in [-0.4, -0.2) is 40.1 Å². The Morgan fingerprint density at radius 1 is 1.25 bits per heavy atom. The van der Waals surface area contributed by atoms with Gasteiger partial charge in [0.15, 0.2) is 0 Å². The van der Waals surface area contributed by atoms with E-state index in [1.807, 2.05) is 18.2 Å². The van der Waals surface area contributed by atoms with E-state index < -0.39 is 5.91 Å². The summed E-state index contributed by atoms with van der Waals surface area (Å²) in [6.45, 7) is 2.79. The van der Waals surface area contributed by atoms with Gasteiger partial charge in [0.05, 0.1) is 5.02 Å². The summed E-state index contributed by atoms with van der Waals surface area (Å²) < 4.78 is 0. The van der Waals surface area contributed by atoms with Crippen LogP contribution in [0.5, 0.6) is 0 Å². The van der Waals surface area contributed by atoms with Crippen molar-refractivity contribution in [3.8, 4) is 0 Å².